The minimum Gasteiger partial charge on any atom is -0.335 e. The highest BCUT2D eigenvalue weighted by atomic mass is 35.5. The number of rotatable bonds is 3. The average molecular weight is 266 g/mol. The van der Waals surface area contributed by atoms with E-state index in [0.717, 1.165) is 30.5 Å². The molecule has 0 aromatic heterocycles. The lowest BCUT2D eigenvalue weighted by molar-refractivity contribution is 0.0701. The molecule has 0 N–H and O–H groups in total. The molecule has 98 valence electrons. The number of hydrogen-bond acceptors (Lipinski definition) is 1. The van der Waals surface area contributed by atoms with Crippen molar-refractivity contribution in [3.05, 3.63) is 35.4 Å². The SMILES string of the molecule is CC(C)C1CCCN1C(=O)c1cccc(CCl)c1. The maximum absolute atomic E-state index is 12.5. The van der Waals surface area contributed by atoms with E-state index in [1.165, 1.54) is 0 Å². The lowest BCUT2D eigenvalue weighted by Crippen LogP contribution is -2.38. The van der Waals surface area contributed by atoms with Crippen molar-refractivity contribution in [1.82, 2.24) is 4.90 Å². The molecule has 0 bridgehead atoms. The second-order valence-electron chi connectivity index (χ2n) is 5.29. The van der Waals surface area contributed by atoms with Crippen molar-refractivity contribution in [2.45, 2.75) is 38.6 Å². The molecule has 1 saturated heterocycles. The standard InChI is InChI=1S/C15H20ClNO/c1-11(2)14-7-4-8-17(14)15(18)13-6-3-5-12(9-13)10-16/h3,5-6,9,11,14H,4,7-8,10H2,1-2H3. The van der Waals surface area contributed by atoms with Crippen molar-refractivity contribution < 1.29 is 4.79 Å². The summed E-state index contributed by atoms with van der Waals surface area (Å²) in [5.74, 6) is 1.13. The van der Waals surface area contributed by atoms with Crippen LogP contribution in [0.1, 0.15) is 42.6 Å². The van der Waals surface area contributed by atoms with E-state index in [2.05, 4.69) is 13.8 Å². The van der Waals surface area contributed by atoms with Crippen molar-refractivity contribution in [2.75, 3.05) is 6.54 Å². The van der Waals surface area contributed by atoms with Crippen LogP contribution in [-0.2, 0) is 5.88 Å². The molecule has 0 aliphatic carbocycles. The van der Waals surface area contributed by atoms with Crippen molar-refractivity contribution in [3.63, 3.8) is 0 Å². The van der Waals surface area contributed by atoms with Crippen LogP contribution in [0.15, 0.2) is 24.3 Å². The predicted molar refractivity (Wildman–Crippen MR) is 74.9 cm³/mol. The van der Waals surface area contributed by atoms with E-state index in [-0.39, 0.29) is 5.91 Å². The summed E-state index contributed by atoms with van der Waals surface area (Å²) >= 11 is 5.82. The van der Waals surface area contributed by atoms with Gasteiger partial charge >= 0.3 is 0 Å². The van der Waals surface area contributed by atoms with Gasteiger partial charge < -0.3 is 4.90 Å². The first kappa shape index (κ1) is 13.4. The van der Waals surface area contributed by atoms with Crippen LogP contribution in [0.3, 0.4) is 0 Å². The van der Waals surface area contributed by atoms with Crippen LogP contribution in [0, 0.1) is 5.92 Å². The smallest absolute Gasteiger partial charge is 0.254 e. The molecule has 1 aliphatic rings. The van der Waals surface area contributed by atoms with Gasteiger partial charge in [0.2, 0.25) is 0 Å². The van der Waals surface area contributed by atoms with E-state index in [1.54, 1.807) is 0 Å². The Hall–Kier alpha value is -1.02. The molecule has 2 rings (SSSR count). The molecule has 2 nitrogen and oxygen atoms in total. The van der Waals surface area contributed by atoms with Gasteiger partial charge in [0, 0.05) is 24.0 Å². The molecule has 1 fully saturated rings. The van der Waals surface area contributed by atoms with Crippen molar-refractivity contribution in [1.29, 1.82) is 0 Å². The Morgan fingerprint density at radius 3 is 2.94 bits per heavy atom. The third-order valence-electron chi connectivity index (χ3n) is 3.66. The largest absolute Gasteiger partial charge is 0.335 e. The third kappa shape index (κ3) is 2.69. The first-order chi connectivity index (χ1) is 8.63. The maximum Gasteiger partial charge on any atom is 0.254 e. The zero-order valence-electron chi connectivity index (χ0n) is 11.0. The fourth-order valence-electron chi connectivity index (χ4n) is 2.69. The number of likely N-dealkylation sites (tertiary alicyclic amines) is 1. The maximum atomic E-state index is 12.5. The Bertz CT molecular complexity index is 430. The van der Waals surface area contributed by atoms with Crippen LogP contribution < -0.4 is 0 Å². The molecular formula is C15H20ClNO. The highest BCUT2D eigenvalue weighted by molar-refractivity contribution is 6.17. The number of nitrogens with zero attached hydrogens (tertiary/aromatic N) is 1. The lowest BCUT2D eigenvalue weighted by Gasteiger charge is -2.27. The topological polar surface area (TPSA) is 20.3 Å². The molecule has 1 unspecified atom stereocenters. The summed E-state index contributed by atoms with van der Waals surface area (Å²) in [7, 11) is 0. The fourth-order valence-corrected chi connectivity index (χ4v) is 2.86. The van der Waals surface area contributed by atoms with E-state index in [4.69, 9.17) is 11.6 Å². The van der Waals surface area contributed by atoms with Crippen LogP contribution in [0.4, 0.5) is 0 Å². The summed E-state index contributed by atoms with van der Waals surface area (Å²) < 4.78 is 0. The van der Waals surface area contributed by atoms with E-state index < -0.39 is 0 Å². The second-order valence-corrected chi connectivity index (χ2v) is 5.55. The van der Waals surface area contributed by atoms with E-state index in [1.807, 2.05) is 29.2 Å². The molecule has 1 heterocycles. The summed E-state index contributed by atoms with van der Waals surface area (Å²) in [4.78, 5) is 14.5. The molecule has 1 aliphatic heterocycles. The van der Waals surface area contributed by atoms with Crippen LogP contribution >= 0.6 is 11.6 Å². The van der Waals surface area contributed by atoms with Gasteiger partial charge in [-0.1, -0.05) is 26.0 Å². The lowest BCUT2D eigenvalue weighted by atomic mass is 10.0. The highest BCUT2D eigenvalue weighted by Crippen LogP contribution is 2.25. The van der Waals surface area contributed by atoms with Gasteiger partial charge in [-0.05, 0) is 36.5 Å². The van der Waals surface area contributed by atoms with Gasteiger partial charge in [-0.25, -0.2) is 0 Å². The first-order valence-corrected chi connectivity index (χ1v) is 7.13. The van der Waals surface area contributed by atoms with Gasteiger partial charge in [-0.3, -0.25) is 4.79 Å². The number of carbonyl (C=O) groups excluding carboxylic acids is 1. The molecule has 3 heteroatoms. The first-order valence-electron chi connectivity index (χ1n) is 6.59. The van der Waals surface area contributed by atoms with Gasteiger partial charge in [0.15, 0.2) is 0 Å². The Balaban J connectivity index is 2.19. The number of hydrogen-bond donors (Lipinski definition) is 0. The number of amides is 1. The number of alkyl halides is 1. The molecule has 0 radical (unpaired) electrons. The van der Waals surface area contributed by atoms with Crippen LogP contribution in [0.2, 0.25) is 0 Å². The number of carbonyl (C=O) groups is 1. The quantitative estimate of drug-likeness (QED) is 0.764. The van der Waals surface area contributed by atoms with Gasteiger partial charge in [-0.2, -0.15) is 0 Å². The Morgan fingerprint density at radius 1 is 1.50 bits per heavy atom. The average Bonchev–Trinajstić information content (AvgIpc) is 2.87. The summed E-state index contributed by atoms with van der Waals surface area (Å²) in [6.07, 6.45) is 2.24. The Labute approximate surface area is 114 Å². The molecule has 1 aromatic rings. The number of benzene rings is 1. The van der Waals surface area contributed by atoms with E-state index >= 15 is 0 Å². The monoisotopic (exact) mass is 265 g/mol. The van der Waals surface area contributed by atoms with Crippen LogP contribution in [0.5, 0.6) is 0 Å². The third-order valence-corrected chi connectivity index (χ3v) is 3.97. The summed E-state index contributed by atoms with van der Waals surface area (Å²) in [6, 6.07) is 8.04. The van der Waals surface area contributed by atoms with Crippen LogP contribution in [0.25, 0.3) is 0 Å². The van der Waals surface area contributed by atoms with Gasteiger partial charge in [0.05, 0.1) is 0 Å². The minimum absolute atomic E-state index is 0.151. The van der Waals surface area contributed by atoms with Crippen molar-refractivity contribution in [3.8, 4) is 0 Å². The minimum atomic E-state index is 0.151. The molecule has 0 spiro atoms. The molecule has 1 atom stereocenters. The van der Waals surface area contributed by atoms with Gasteiger partial charge in [0.1, 0.15) is 0 Å². The predicted octanol–water partition coefficient (Wildman–Crippen LogP) is 3.69. The molecule has 1 aromatic carbocycles. The number of halogens is 1. The molecule has 0 saturated carbocycles. The summed E-state index contributed by atoms with van der Waals surface area (Å²) in [5, 5.41) is 0. The zero-order valence-corrected chi connectivity index (χ0v) is 11.8. The summed E-state index contributed by atoms with van der Waals surface area (Å²) in [6.45, 7) is 5.25. The van der Waals surface area contributed by atoms with Gasteiger partial charge in [0.25, 0.3) is 5.91 Å². The molecule has 18 heavy (non-hydrogen) atoms. The normalized spacial score (nSPS) is 19.6. The van der Waals surface area contributed by atoms with Crippen LogP contribution in [-0.4, -0.2) is 23.4 Å². The van der Waals surface area contributed by atoms with Gasteiger partial charge in [-0.15, -0.1) is 11.6 Å². The van der Waals surface area contributed by atoms with Crippen molar-refractivity contribution >= 4 is 17.5 Å². The molecular weight excluding hydrogens is 246 g/mol. The van der Waals surface area contributed by atoms with E-state index in [9.17, 15) is 4.79 Å². The summed E-state index contributed by atoms with van der Waals surface area (Å²) in [5.41, 5.74) is 1.77. The Morgan fingerprint density at radius 2 is 2.28 bits per heavy atom. The zero-order chi connectivity index (χ0) is 13.1. The van der Waals surface area contributed by atoms with E-state index in [0.29, 0.717) is 17.8 Å². The van der Waals surface area contributed by atoms with Crippen molar-refractivity contribution in [2.24, 2.45) is 5.92 Å². The fraction of sp³-hybridized carbons (Fsp3) is 0.533. The highest BCUT2D eigenvalue weighted by Gasteiger charge is 2.31. The second kappa shape index (κ2) is 5.75. The molecule has 1 amide bonds. The Kier molecular flexibility index (Phi) is 4.28.